The molecule has 2 aliphatic heterocycles. The summed E-state index contributed by atoms with van der Waals surface area (Å²) in [5.74, 6) is -0.792. The van der Waals surface area contributed by atoms with Crippen molar-refractivity contribution in [3.8, 4) is 0 Å². The highest BCUT2D eigenvalue weighted by Crippen LogP contribution is 2.40. The van der Waals surface area contributed by atoms with Crippen LogP contribution in [0.15, 0.2) is 0 Å². The third kappa shape index (κ3) is 2.83. The van der Waals surface area contributed by atoms with Crippen molar-refractivity contribution < 1.29 is 23.4 Å². The van der Waals surface area contributed by atoms with Crippen LogP contribution in [-0.4, -0.2) is 65.2 Å². The zero-order chi connectivity index (χ0) is 15.2. The van der Waals surface area contributed by atoms with Crippen LogP contribution in [0, 0.1) is 5.92 Å². The van der Waals surface area contributed by atoms with Crippen molar-refractivity contribution in [2.45, 2.75) is 62.8 Å². The summed E-state index contributed by atoms with van der Waals surface area (Å²) in [4.78, 5) is 13.4. The van der Waals surface area contributed by atoms with Gasteiger partial charge < -0.3 is 10.2 Å². The molecule has 1 saturated carbocycles. The average Bonchev–Trinajstić information content (AvgIpc) is 2.70. The maximum Gasteiger partial charge on any atom is 0.320 e. The minimum atomic E-state index is -3.27. The molecule has 0 spiro atoms. The number of aliphatic carboxylic acids is 1. The standard InChI is InChI=1S/C14H23NO5S/c16-13-8-21(19,20)7-12(13)15-10-4-2-1-3-9(10)5-6-11(15)14(17)18/h9-13,16H,1-8H2,(H,17,18). The van der Waals surface area contributed by atoms with Gasteiger partial charge in [0.15, 0.2) is 9.84 Å². The summed E-state index contributed by atoms with van der Waals surface area (Å²) < 4.78 is 23.6. The summed E-state index contributed by atoms with van der Waals surface area (Å²) >= 11 is 0. The van der Waals surface area contributed by atoms with E-state index in [0.717, 1.165) is 32.1 Å². The fourth-order valence-electron chi connectivity index (χ4n) is 4.49. The third-order valence-electron chi connectivity index (χ3n) is 5.38. The predicted molar refractivity (Wildman–Crippen MR) is 76.7 cm³/mol. The van der Waals surface area contributed by atoms with E-state index in [0.29, 0.717) is 12.3 Å². The van der Waals surface area contributed by atoms with Crippen LogP contribution in [0.5, 0.6) is 0 Å². The normalized spacial score (nSPS) is 43.4. The van der Waals surface area contributed by atoms with Gasteiger partial charge in [0.2, 0.25) is 0 Å². The molecule has 3 aliphatic rings. The molecule has 3 rings (SSSR count). The van der Waals surface area contributed by atoms with Crippen molar-refractivity contribution in [3.63, 3.8) is 0 Å². The van der Waals surface area contributed by atoms with Gasteiger partial charge in [-0.25, -0.2) is 8.42 Å². The number of fused-ring (bicyclic) bond motifs is 1. The fraction of sp³-hybridized carbons (Fsp3) is 0.929. The van der Waals surface area contributed by atoms with Gasteiger partial charge in [-0.05, 0) is 31.6 Å². The van der Waals surface area contributed by atoms with Crippen LogP contribution >= 0.6 is 0 Å². The molecule has 0 aromatic carbocycles. The molecular weight excluding hydrogens is 294 g/mol. The van der Waals surface area contributed by atoms with E-state index >= 15 is 0 Å². The molecule has 5 atom stereocenters. The third-order valence-corrected chi connectivity index (χ3v) is 7.08. The fourth-order valence-corrected chi connectivity index (χ4v) is 6.29. The minimum absolute atomic E-state index is 0.110. The van der Waals surface area contributed by atoms with Gasteiger partial charge in [-0.3, -0.25) is 9.69 Å². The zero-order valence-corrected chi connectivity index (χ0v) is 12.8. The van der Waals surface area contributed by atoms with E-state index in [-0.39, 0.29) is 17.5 Å². The minimum Gasteiger partial charge on any atom is -0.480 e. The molecule has 0 aromatic heterocycles. The molecule has 1 aliphatic carbocycles. The summed E-state index contributed by atoms with van der Waals surface area (Å²) in [6, 6.07) is -1.10. The Morgan fingerprint density at radius 2 is 1.71 bits per heavy atom. The maximum atomic E-state index is 11.8. The van der Waals surface area contributed by atoms with Gasteiger partial charge in [0.1, 0.15) is 6.04 Å². The number of sulfone groups is 1. The van der Waals surface area contributed by atoms with Crippen molar-refractivity contribution in [2.75, 3.05) is 11.5 Å². The smallest absolute Gasteiger partial charge is 0.320 e. The van der Waals surface area contributed by atoms with Gasteiger partial charge in [0.25, 0.3) is 0 Å². The molecule has 0 amide bonds. The van der Waals surface area contributed by atoms with Crippen molar-refractivity contribution in [1.29, 1.82) is 0 Å². The summed E-state index contributed by atoms with van der Waals surface area (Å²) in [5.41, 5.74) is 0. The first-order valence-electron chi connectivity index (χ1n) is 7.78. The molecule has 5 unspecified atom stereocenters. The molecule has 2 N–H and O–H groups in total. The molecule has 3 fully saturated rings. The first-order chi connectivity index (χ1) is 9.89. The number of carboxylic acid groups (broad SMARTS) is 1. The topological polar surface area (TPSA) is 94.9 Å². The number of hydrogen-bond acceptors (Lipinski definition) is 5. The van der Waals surface area contributed by atoms with Gasteiger partial charge in [0, 0.05) is 6.04 Å². The number of nitrogens with zero attached hydrogens (tertiary/aromatic N) is 1. The monoisotopic (exact) mass is 317 g/mol. The van der Waals surface area contributed by atoms with E-state index < -0.39 is 34.0 Å². The predicted octanol–water partition coefficient (Wildman–Crippen LogP) is 0.252. The molecule has 0 bridgehead atoms. The second-order valence-corrected chi connectivity index (χ2v) is 8.86. The Morgan fingerprint density at radius 1 is 1.00 bits per heavy atom. The highest BCUT2D eigenvalue weighted by molar-refractivity contribution is 7.91. The van der Waals surface area contributed by atoms with Crippen molar-refractivity contribution in [1.82, 2.24) is 4.90 Å². The lowest BCUT2D eigenvalue weighted by atomic mass is 9.75. The lowest BCUT2D eigenvalue weighted by Crippen LogP contribution is -2.61. The lowest BCUT2D eigenvalue weighted by Gasteiger charge is -2.50. The van der Waals surface area contributed by atoms with Crippen LogP contribution in [0.2, 0.25) is 0 Å². The SMILES string of the molecule is O=C(O)C1CCC2CCCCC2N1C1CS(=O)(=O)CC1O. The number of rotatable bonds is 2. The van der Waals surface area contributed by atoms with E-state index in [4.69, 9.17) is 0 Å². The molecule has 0 radical (unpaired) electrons. The molecule has 21 heavy (non-hydrogen) atoms. The number of aliphatic hydroxyl groups is 1. The summed E-state index contributed by atoms with van der Waals surface area (Å²) in [5, 5.41) is 19.7. The maximum absolute atomic E-state index is 11.8. The molecule has 2 saturated heterocycles. The number of piperidine rings is 1. The van der Waals surface area contributed by atoms with Crippen LogP contribution in [0.1, 0.15) is 38.5 Å². The second-order valence-electron chi connectivity index (χ2n) is 6.70. The second kappa shape index (κ2) is 5.52. The Labute approximate surface area is 125 Å². The Hall–Kier alpha value is -0.660. The number of likely N-dealkylation sites (tertiary alicyclic amines) is 1. The van der Waals surface area contributed by atoms with Crippen LogP contribution in [0.4, 0.5) is 0 Å². The first kappa shape index (κ1) is 15.2. The van der Waals surface area contributed by atoms with Crippen molar-refractivity contribution in [2.24, 2.45) is 5.92 Å². The number of aliphatic hydroxyl groups excluding tert-OH is 1. The van der Waals surface area contributed by atoms with E-state index in [9.17, 15) is 23.4 Å². The Kier molecular flexibility index (Phi) is 4.00. The zero-order valence-electron chi connectivity index (χ0n) is 12.0. The van der Waals surface area contributed by atoms with Gasteiger partial charge in [-0.15, -0.1) is 0 Å². The highest BCUT2D eigenvalue weighted by Gasteiger charge is 2.50. The van der Waals surface area contributed by atoms with Crippen LogP contribution in [0.25, 0.3) is 0 Å². The molecule has 6 nitrogen and oxygen atoms in total. The van der Waals surface area contributed by atoms with Gasteiger partial charge in [-0.2, -0.15) is 0 Å². The Bertz CT molecular complexity index is 519. The van der Waals surface area contributed by atoms with E-state index in [2.05, 4.69) is 0 Å². The van der Waals surface area contributed by atoms with Crippen LogP contribution in [-0.2, 0) is 14.6 Å². The van der Waals surface area contributed by atoms with E-state index in [1.165, 1.54) is 0 Å². The molecule has 2 heterocycles. The summed E-state index contributed by atoms with van der Waals surface area (Å²) in [6.07, 6.45) is 4.71. The summed E-state index contributed by atoms with van der Waals surface area (Å²) in [6.45, 7) is 0. The molecule has 120 valence electrons. The quantitative estimate of drug-likeness (QED) is 0.758. The number of carbonyl (C=O) groups is 1. The first-order valence-corrected chi connectivity index (χ1v) is 9.60. The van der Waals surface area contributed by atoms with Crippen LogP contribution in [0.3, 0.4) is 0 Å². The van der Waals surface area contributed by atoms with Gasteiger partial charge in [0.05, 0.1) is 23.7 Å². The van der Waals surface area contributed by atoms with Crippen molar-refractivity contribution >= 4 is 15.8 Å². The Balaban J connectivity index is 1.91. The van der Waals surface area contributed by atoms with Gasteiger partial charge in [-0.1, -0.05) is 12.8 Å². The molecule has 7 heteroatoms. The number of hydrogen-bond donors (Lipinski definition) is 2. The Morgan fingerprint density at radius 3 is 2.33 bits per heavy atom. The molecule has 0 aromatic rings. The largest absolute Gasteiger partial charge is 0.480 e. The van der Waals surface area contributed by atoms with E-state index in [1.807, 2.05) is 4.90 Å². The van der Waals surface area contributed by atoms with Crippen molar-refractivity contribution in [3.05, 3.63) is 0 Å². The van der Waals surface area contributed by atoms with E-state index in [1.54, 1.807) is 0 Å². The average molecular weight is 317 g/mol. The van der Waals surface area contributed by atoms with Gasteiger partial charge >= 0.3 is 5.97 Å². The molecular formula is C14H23NO5S. The van der Waals surface area contributed by atoms with Crippen LogP contribution < -0.4 is 0 Å². The lowest BCUT2D eigenvalue weighted by molar-refractivity contribution is -0.151. The number of carboxylic acids is 1. The summed E-state index contributed by atoms with van der Waals surface area (Å²) in [7, 11) is -3.27. The highest BCUT2D eigenvalue weighted by atomic mass is 32.2.